The molecule has 1 atom stereocenters. The van der Waals surface area contributed by atoms with Gasteiger partial charge in [-0.15, -0.1) is 0 Å². The molecule has 0 bridgehead atoms. The van der Waals surface area contributed by atoms with Gasteiger partial charge in [0.2, 0.25) is 10.0 Å². The summed E-state index contributed by atoms with van der Waals surface area (Å²) in [6.45, 7) is 3.09. The molecule has 0 saturated heterocycles. The summed E-state index contributed by atoms with van der Waals surface area (Å²) in [6, 6.07) is 0. The quantitative estimate of drug-likeness (QED) is 0.689. The van der Waals surface area contributed by atoms with Crippen molar-refractivity contribution in [3.63, 3.8) is 0 Å². The van der Waals surface area contributed by atoms with Crippen LogP contribution in [0, 0.1) is 5.92 Å². The molecule has 0 aromatic carbocycles. The minimum atomic E-state index is -3.55. The molecule has 1 unspecified atom stereocenters. The van der Waals surface area contributed by atoms with Crippen LogP contribution in [0.25, 0.3) is 0 Å². The maximum Gasteiger partial charge on any atom is 0.265 e. The lowest BCUT2D eigenvalue weighted by atomic mass is 10.2. The smallest absolute Gasteiger partial charge is 0.265 e. The number of nitrogens with one attached hydrogen (secondary N) is 1. The number of sulfonamides is 1. The molecule has 0 rings (SSSR count). The zero-order valence-corrected chi connectivity index (χ0v) is 9.60. The predicted molar refractivity (Wildman–Crippen MR) is 53.3 cm³/mol. The highest BCUT2D eigenvalue weighted by Crippen LogP contribution is 2.03. The standard InChI is InChI=1S/C8H17F2NO3S/c1-6(2)3-4-15(13,14)11-5-7(12)8(9)10/h6-8,11-12H,3-5H2,1-2H3. The molecule has 0 spiro atoms. The summed E-state index contributed by atoms with van der Waals surface area (Å²) in [6.07, 6.45) is -4.42. The molecule has 0 aromatic rings. The number of halogens is 2. The maximum absolute atomic E-state index is 11.8. The van der Waals surface area contributed by atoms with Crippen molar-refractivity contribution in [2.75, 3.05) is 12.3 Å². The van der Waals surface area contributed by atoms with Crippen LogP contribution < -0.4 is 4.72 Å². The maximum atomic E-state index is 11.8. The second-order valence-corrected chi connectivity index (χ2v) is 5.68. The first kappa shape index (κ1) is 14.7. The Morgan fingerprint density at radius 1 is 1.33 bits per heavy atom. The number of hydrogen-bond donors (Lipinski definition) is 2. The summed E-state index contributed by atoms with van der Waals surface area (Å²) in [7, 11) is -3.55. The number of hydrogen-bond acceptors (Lipinski definition) is 3. The van der Waals surface area contributed by atoms with E-state index in [9.17, 15) is 17.2 Å². The Kier molecular flexibility index (Phi) is 6.23. The topological polar surface area (TPSA) is 66.4 Å². The van der Waals surface area contributed by atoms with E-state index in [4.69, 9.17) is 5.11 Å². The molecular formula is C8H17F2NO3S. The van der Waals surface area contributed by atoms with Crippen LogP contribution in [0.15, 0.2) is 0 Å². The number of aliphatic hydroxyl groups excluding tert-OH is 1. The summed E-state index contributed by atoms with van der Waals surface area (Å²) in [4.78, 5) is 0. The van der Waals surface area contributed by atoms with Gasteiger partial charge < -0.3 is 5.11 Å². The first-order valence-electron chi connectivity index (χ1n) is 4.68. The first-order chi connectivity index (χ1) is 6.74. The van der Waals surface area contributed by atoms with E-state index in [1.807, 2.05) is 18.6 Å². The lowest BCUT2D eigenvalue weighted by molar-refractivity contribution is -0.000452. The van der Waals surface area contributed by atoms with E-state index in [2.05, 4.69) is 0 Å². The number of alkyl halides is 2. The minimum Gasteiger partial charge on any atom is -0.386 e. The highest BCUT2D eigenvalue weighted by atomic mass is 32.2. The van der Waals surface area contributed by atoms with Crippen molar-refractivity contribution in [1.29, 1.82) is 0 Å². The fourth-order valence-corrected chi connectivity index (χ4v) is 2.12. The molecule has 0 aliphatic carbocycles. The summed E-state index contributed by atoms with van der Waals surface area (Å²) in [5, 5.41) is 8.69. The molecule has 4 nitrogen and oxygen atoms in total. The molecule has 0 aliphatic rings. The summed E-state index contributed by atoms with van der Waals surface area (Å²) >= 11 is 0. The number of rotatable bonds is 7. The lowest BCUT2D eigenvalue weighted by Crippen LogP contribution is -2.37. The molecule has 0 aliphatic heterocycles. The van der Waals surface area contributed by atoms with Gasteiger partial charge in [-0.3, -0.25) is 0 Å². The Hall–Kier alpha value is -0.270. The molecule has 0 radical (unpaired) electrons. The normalized spacial score (nSPS) is 14.9. The minimum absolute atomic E-state index is 0.110. The van der Waals surface area contributed by atoms with Crippen molar-refractivity contribution in [3.8, 4) is 0 Å². The van der Waals surface area contributed by atoms with Gasteiger partial charge in [-0.2, -0.15) is 0 Å². The van der Waals surface area contributed by atoms with Crippen LogP contribution in [0.5, 0.6) is 0 Å². The average molecular weight is 245 g/mol. The van der Waals surface area contributed by atoms with Gasteiger partial charge in [0.05, 0.1) is 5.75 Å². The largest absolute Gasteiger partial charge is 0.386 e. The van der Waals surface area contributed by atoms with Gasteiger partial charge in [0.1, 0.15) is 6.10 Å². The molecule has 0 saturated carbocycles. The van der Waals surface area contributed by atoms with Crippen molar-refractivity contribution < 1.29 is 22.3 Å². The molecule has 0 aromatic heterocycles. The Morgan fingerprint density at radius 2 is 1.87 bits per heavy atom. The molecule has 0 amide bonds. The van der Waals surface area contributed by atoms with Gasteiger partial charge in [0.25, 0.3) is 6.43 Å². The van der Waals surface area contributed by atoms with Gasteiger partial charge >= 0.3 is 0 Å². The summed E-state index contributed by atoms with van der Waals surface area (Å²) in [5.74, 6) is 0.113. The second-order valence-electron chi connectivity index (χ2n) is 3.75. The zero-order valence-electron chi connectivity index (χ0n) is 8.78. The molecular weight excluding hydrogens is 228 g/mol. The van der Waals surface area contributed by atoms with Crippen molar-refractivity contribution in [2.24, 2.45) is 5.92 Å². The zero-order chi connectivity index (χ0) is 12.1. The van der Waals surface area contributed by atoms with Gasteiger partial charge in [0, 0.05) is 6.54 Å². The molecule has 0 fully saturated rings. The van der Waals surface area contributed by atoms with Gasteiger partial charge in [0.15, 0.2) is 0 Å². The summed E-state index contributed by atoms with van der Waals surface area (Å²) in [5.41, 5.74) is 0. The van der Waals surface area contributed by atoms with E-state index in [0.29, 0.717) is 6.42 Å². The van der Waals surface area contributed by atoms with E-state index < -0.39 is 29.1 Å². The monoisotopic (exact) mass is 245 g/mol. The SMILES string of the molecule is CC(C)CCS(=O)(=O)NCC(O)C(F)F. The fraction of sp³-hybridized carbons (Fsp3) is 1.00. The third-order valence-electron chi connectivity index (χ3n) is 1.77. The third-order valence-corrected chi connectivity index (χ3v) is 3.15. The van der Waals surface area contributed by atoms with Gasteiger partial charge in [-0.25, -0.2) is 21.9 Å². The molecule has 15 heavy (non-hydrogen) atoms. The lowest BCUT2D eigenvalue weighted by Gasteiger charge is -2.11. The number of aliphatic hydroxyl groups is 1. The van der Waals surface area contributed by atoms with Crippen LogP contribution in [-0.4, -0.2) is 38.4 Å². The van der Waals surface area contributed by atoms with Crippen LogP contribution in [-0.2, 0) is 10.0 Å². The fourth-order valence-electron chi connectivity index (χ4n) is 0.764. The Bertz CT molecular complexity index is 267. The van der Waals surface area contributed by atoms with Crippen LogP contribution in [0.3, 0.4) is 0 Å². The predicted octanol–water partition coefficient (Wildman–Crippen LogP) is 0.578. The van der Waals surface area contributed by atoms with Crippen LogP contribution in [0.4, 0.5) is 8.78 Å². The van der Waals surface area contributed by atoms with Crippen molar-refractivity contribution in [2.45, 2.75) is 32.8 Å². The van der Waals surface area contributed by atoms with Crippen LogP contribution in [0.1, 0.15) is 20.3 Å². The van der Waals surface area contributed by atoms with Crippen LogP contribution >= 0.6 is 0 Å². The Labute approximate surface area is 88.7 Å². The molecule has 2 N–H and O–H groups in total. The van der Waals surface area contributed by atoms with Gasteiger partial charge in [-0.1, -0.05) is 13.8 Å². The van der Waals surface area contributed by atoms with Crippen molar-refractivity contribution in [1.82, 2.24) is 4.72 Å². The van der Waals surface area contributed by atoms with E-state index in [0.717, 1.165) is 0 Å². The van der Waals surface area contributed by atoms with Gasteiger partial charge in [-0.05, 0) is 12.3 Å². The molecule has 92 valence electrons. The molecule has 0 heterocycles. The van der Waals surface area contributed by atoms with Crippen molar-refractivity contribution in [3.05, 3.63) is 0 Å². The van der Waals surface area contributed by atoms with E-state index in [1.54, 1.807) is 0 Å². The van der Waals surface area contributed by atoms with E-state index in [-0.39, 0.29) is 11.7 Å². The Morgan fingerprint density at radius 3 is 2.27 bits per heavy atom. The van der Waals surface area contributed by atoms with E-state index in [1.165, 1.54) is 0 Å². The van der Waals surface area contributed by atoms with Crippen molar-refractivity contribution >= 4 is 10.0 Å². The Balaban J connectivity index is 3.94. The average Bonchev–Trinajstić information content (AvgIpc) is 2.11. The molecule has 7 heteroatoms. The first-order valence-corrected chi connectivity index (χ1v) is 6.33. The highest BCUT2D eigenvalue weighted by Gasteiger charge is 2.19. The third kappa shape index (κ3) is 7.64. The van der Waals surface area contributed by atoms with E-state index >= 15 is 0 Å². The second kappa shape index (κ2) is 6.34. The highest BCUT2D eigenvalue weighted by molar-refractivity contribution is 7.89. The van der Waals surface area contributed by atoms with Crippen LogP contribution in [0.2, 0.25) is 0 Å². The summed E-state index contributed by atoms with van der Waals surface area (Å²) < 4.78 is 48.0.